The molecule has 0 aliphatic carbocycles. The zero-order valence-electron chi connectivity index (χ0n) is 20.1. The first-order chi connectivity index (χ1) is 17.4. The van der Waals surface area contributed by atoms with Gasteiger partial charge in [-0.05, 0) is 60.4 Å². The fourth-order valence-electron chi connectivity index (χ4n) is 4.53. The van der Waals surface area contributed by atoms with Crippen molar-refractivity contribution in [1.82, 2.24) is 19.4 Å². The maximum absolute atomic E-state index is 13.9. The lowest BCUT2D eigenvalue weighted by Crippen LogP contribution is -2.49. The first-order valence-electron chi connectivity index (χ1n) is 12.0. The van der Waals surface area contributed by atoms with E-state index in [0.717, 1.165) is 28.1 Å². The summed E-state index contributed by atoms with van der Waals surface area (Å²) in [6.07, 6.45) is 4.78. The summed E-state index contributed by atoms with van der Waals surface area (Å²) in [5, 5.41) is 3.01. The Morgan fingerprint density at radius 1 is 1.11 bits per heavy atom. The number of nitrogens with one attached hydrogen (secondary N) is 1. The summed E-state index contributed by atoms with van der Waals surface area (Å²) in [6.45, 7) is 3.66. The number of alkyl halides is 1. The number of carbonyl (C=O) groups is 1. The van der Waals surface area contributed by atoms with Crippen molar-refractivity contribution in [1.29, 1.82) is 0 Å². The lowest BCUT2D eigenvalue weighted by molar-refractivity contribution is 0.102. The molecule has 8 heteroatoms. The van der Waals surface area contributed by atoms with E-state index in [1.165, 1.54) is 0 Å². The standard InChI is InChI=1S/C28H29FN6O/c1-19-15-35(18-32-19)24-12-20(16-34-10-8-25(29)26(30)17-34)11-23(14-24)33-28(36)27-13-22(7-9-31-27)21-5-3-2-4-6-21/h2-7,9,11-15,18,25-26H,8,10,16-17,30H2,1H3,(H,33,36)/t25-,26-/m1/s1. The highest BCUT2D eigenvalue weighted by Gasteiger charge is 2.26. The molecule has 2 atom stereocenters. The van der Waals surface area contributed by atoms with E-state index in [1.807, 2.05) is 66.2 Å². The van der Waals surface area contributed by atoms with E-state index in [2.05, 4.69) is 26.3 Å². The van der Waals surface area contributed by atoms with Crippen molar-refractivity contribution in [3.05, 3.63) is 96.3 Å². The van der Waals surface area contributed by atoms with Gasteiger partial charge in [0, 0.05) is 49.4 Å². The lowest BCUT2D eigenvalue weighted by atomic mass is 10.0. The van der Waals surface area contributed by atoms with Gasteiger partial charge in [0.2, 0.25) is 0 Å². The minimum Gasteiger partial charge on any atom is -0.324 e. The number of anilines is 1. The fourth-order valence-corrected chi connectivity index (χ4v) is 4.53. The molecule has 0 radical (unpaired) electrons. The van der Waals surface area contributed by atoms with Crippen LogP contribution in [0.5, 0.6) is 0 Å². The Hall–Kier alpha value is -3.88. The number of nitrogens with zero attached hydrogens (tertiary/aromatic N) is 4. The van der Waals surface area contributed by atoms with Crippen LogP contribution in [0.2, 0.25) is 0 Å². The molecule has 0 unspecified atom stereocenters. The van der Waals surface area contributed by atoms with Crippen LogP contribution in [0, 0.1) is 6.92 Å². The number of carbonyl (C=O) groups excluding carboxylic acids is 1. The molecule has 1 fully saturated rings. The highest BCUT2D eigenvalue weighted by molar-refractivity contribution is 6.03. The smallest absolute Gasteiger partial charge is 0.274 e. The number of aromatic nitrogens is 3. The van der Waals surface area contributed by atoms with E-state index >= 15 is 0 Å². The molecule has 1 aliphatic rings. The van der Waals surface area contributed by atoms with Gasteiger partial charge in [0.15, 0.2) is 0 Å². The predicted octanol–water partition coefficient (Wildman–Crippen LogP) is 4.37. The maximum Gasteiger partial charge on any atom is 0.274 e. The molecule has 3 heterocycles. The zero-order chi connectivity index (χ0) is 25.1. The average Bonchev–Trinajstić information content (AvgIpc) is 3.33. The number of hydrogen-bond donors (Lipinski definition) is 2. The van der Waals surface area contributed by atoms with Gasteiger partial charge in [-0.2, -0.15) is 0 Å². The van der Waals surface area contributed by atoms with Crippen LogP contribution < -0.4 is 11.1 Å². The molecule has 1 aliphatic heterocycles. The largest absolute Gasteiger partial charge is 0.324 e. The van der Waals surface area contributed by atoms with E-state index in [0.29, 0.717) is 37.4 Å². The van der Waals surface area contributed by atoms with Crippen molar-refractivity contribution in [2.45, 2.75) is 32.1 Å². The Labute approximate surface area is 209 Å². The predicted molar refractivity (Wildman–Crippen MR) is 139 cm³/mol. The SMILES string of the molecule is Cc1cn(-c2cc(CN3CC[C@@H](F)[C@H](N)C3)cc(NC(=O)c3cc(-c4ccccc4)ccn3)c2)cn1. The molecular formula is C28H29FN6O. The van der Waals surface area contributed by atoms with Crippen LogP contribution in [0.1, 0.15) is 28.2 Å². The third-order valence-electron chi connectivity index (χ3n) is 6.41. The molecule has 2 aromatic heterocycles. The molecule has 0 spiro atoms. The second-order valence-electron chi connectivity index (χ2n) is 9.26. The molecule has 4 aromatic rings. The number of aryl methyl sites for hydroxylation is 1. The van der Waals surface area contributed by atoms with Crippen molar-refractivity contribution in [2.75, 3.05) is 18.4 Å². The van der Waals surface area contributed by atoms with Crippen LogP contribution in [0.15, 0.2) is 79.4 Å². The van der Waals surface area contributed by atoms with Crippen LogP contribution in [0.4, 0.5) is 10.1 Å². The van der Waals surface area contributed by atoms with Crippen molar-refractivity contribution >= 4 is 11.6 Å². The Morgan fingerprint density at radius 3 is 2.69 bits per heavy atom. The number of piperidine rings is 1. The number of benzene rings is 2. The second-order valence-corrected chi connectivity index (χ2v) is 9.26. The molecule has 5 rings (SSSR count). The minimum atomic E-state index is -0.962. The maximum atomic E-state index is 13.9. The van der Waals surface area contributed by atoms with Gasteiger partial charge in [0.05, 0.1) is 12.0 Å². The average molecular weight is 485 g/mol. The summed E-state index contributed by atoms with van der Waals surface area (Å²) < 4.78 is 15.8. The topological polar surface area (TPSA) is 89.1 Å². The fraction of sp³-hybridized carbons (Fsp3) is 0.250. The Balaban J connectivity index is 1.41. The number of rotatable bonds is 6. The van der Waals surface area contributed by atoms with Crippen LogP contribution in [-0.4, -0.2) is 50.6 Å². The Bertz CT molecular complexity index is 1360. The lowest BCUT2D eigenvalue weighted by Gasteiger charge is -2.33. The number of likely N-dealkylation sites (tertiary alicyclic amines) is 1. The zero-order valence-corrected chi connectivity index (χ0v) is 20.1. The van der Waals surface area contributed by atoms with Crippen molar-refractivity contribution < 1.29 is 9.18 Å². The van der Waals surface area contributed by atoms with Crippen molar-refractivity contribution in [2.24, 2.45) is 5.73 Å². The van der Waals surface area contributed by atoms with Crippen molar-refractivity contribution in [3.8, 4) is 16.8 Å². The minimum absolute atomic E-state index is 0.294. The second kappa shape index (κ2) is 10.4. The molecule has 7 nitrogen and oxygen atoms in total. The Morgan fingerprint density at radius 2 is 1.94 bits per heavy atom. The molecule has 1 amide bonds. The molecular weight excluding hydrogens is 455 g/mol. The van der Waals surface area contributed by atoms with Gasteiger partial charge in [-0.15, -0.1) is 0 Å². The van der Waals surface area contributed by atoms with Gasteiger partial charge in [-0.1, -0.05) is 30.3 Å². The normalized spacial score (nSPS) is 18.2. The number of halogens is 1. The van der Waals surface area contributed by atoms with Crippen LogP contribution in [-0.2, 0) is 6.54 Å². The molecule has 0 saturated carbocycles. The van der Waals surface area contributed by atoms with Gasteiger partial charge in [0.25, 0.3) is 5.91 Å². The quantitative estimate of drug-likeness (QED) is 0.424. The summed E-state index contributed by atoms with van der Waals surface area (Å²) in [7, 11) is 0. The first kappa shape index (κ1) is 23.8. The van der Waals surface area contributed by atoms with Gasteiger partial charge in [-0.25, -0.2) is 9.37 Å². The highest BCUT2D eigenvalue weighted by atomic mass is 19.1. The molecule has 184 valence electrons. The van der Waals surface area contributed by atoms with Crippen LogP contribution in [0.3, 0.4) is 0 Å². The number of imidazole rings is 1. The number of amides is 1. The third-order valence-corrected chi connectivity index (χ3v) is 6.41. The van der Waals surface area contributed by atoms with E-state index in [-0.39, 0.29) is 5.91 Å². The van der Waals surface area contributed by atoms with Gasteiger partial charge in [-0.3, -0.25) is 14.7 Å². The monoisotopic (exact) mass is 484 g/mol. The summed E-state index contributed by atoms with van der Waals surface area (Å²) >= 11 is 0. The van der Waals surface area contributed by atoms with Gasteiger partial charge >= 0.3 is 0 Å². The van der Waals surface area contributed by atoms with Crippen LogP contribution >= 0.6 is 0 Å². The van der Waals surface area contributed by atoms with Crippen LogP contribution in [0.25, 0.3) is 16.8 Å². The van der Waals surface area contributed by atoms with Gasteiger partial charge < -0.3 is 15.6 Å². The van der Waals surface area contributed by atoms with E-state index in [1.54, 1.807) is 18.6 Å². The summed E-state index contributed by atoms with van der Waals surface area (Å²) in [5.74, 6) is -0.294. The van der Waals surface area contributed by atoms with E-state index in [4.69, 9.17) is 5.73 Å². The number of nitrogens with two attached hydrogens (primary N) is 1. The molecule has 36 heavy (non-hydrogen) atoms. The summed E-state index contributed by atoms with van der Waals surface area (Å²) in [5.41, 5.74) is 11.6. The Kier molecular flexibility index (Phi) is 6.88. The summed E-state index contributed by atoms with van der Waals surface area (Å²) in [6, 6.07) is 19.0. The molecule has 3 N–H and O–H groups in total. The molecule has 0 bridgehead atoms. The van der Waals surface area contributed by atoms with Crippen molar-refractivity contribution in [3.63, 3.8) is 0 Å². The molecule has 2 aromatic carbocycles. The molecule has 1 saturated heterocycles. The summed E-state index contributed by atoms with van der Waals surface area (Å²) in [4.78, 5) is 23.9. The van der Waals surface area contributed by atoms with E-state index in [9.17, 15) is 9.18 Å². The highest BCUT2D eigenvalue weighted by Crippen LogP contribution is 2.24. The van der Waals surface area contributed by atoms with Gasteiger partial charge in [0.1, 0.15) is 11.9 Å². The number of pyridine rings is 1. The third kappa shape index (κ3) is 5.50. The number of hydrogen-bond acceptors (Lipinski definition) is 5. The van der Waals surface area contributed by atoms with E-state index < -0.39 is 12.2 Å². The first-order valence-corrected chi connectivity index (χ1v) is 12.0.